The van der Waals surface area contributed by atoms with Crippen molar-refractivity contribution in [1.82, 2.24) is 9.29 Å². The van der Waals surface area contributed by atoms with Crippen LogP contribution < -0.4 is 0 Å². The van der Waals surface area contributed by atoms with E-state index in [2.05, 4.69) is 20.9 Å². The van der Waals surface area contributed by atoms with Crippen LogP contribution in [0.2, 0.25) is 0 Å². The Balaban J connectivity index is 3.06. The van der Waals surface area contributed by atoms with Gasteiger partial charge >= 0.3 is 0 Å². The molecule has 0 saturated heterocycles. The molecule has 0 saturated carbocycles. The summed E-state index contributed by atoms with van der Waals surface area (Å²) in [5.74, 6) is 0. The lowest BCUT2D eigenvalue weighted by Gasteiger charge is -2.15. The Bertz CT molecular complexity index is 435. The third-order valence-electron chi connectivity index (χ3n) is 1.80. The van der Waals surface area contributed by atoms with Crippen molar-refractivity contribution in [2.75, 3.05) is 20.2 Å². The molecule has 0 amide bonds. The number of halogens is 1. The van der Waals surface area contributed by atoms with Crippen molar-refractivity contribution in [3.8, 4) is 0 Å². The van der Waals surface area contributed by atoms with Crippen LogP contribution in [0.3, 0.4) is 0 Å². The van der Waals surface area contributed by atoms with Crippen LogP contribution in [0.15, 0.2) is 27.8 Å². The molecule has 0 aliphatic heterocycles. The topological polar surface area (TPSA) is 70.5 Å². The van der Waals surface area contributed by atoms with Crippen LogP contribution in [0.1, 0.15) is 0 Å². The fraction of sp³-hybridized carbons (Fsp3) is 0.375. The van der Waals surface area contributed by atoms with Gasteiger partial charge in [0.2, 0.25) is 10.0 Å². The zero-order valence-electron chi connectivity index (χ0n) is 8.09. The van der Waals surface area contributed by atoms with Gasteiger partial charge in [0, 0.05) is 30.5 Å². The lowest BCUT2D eigenvalue weighted by Crippen LogP contribution is -2.29. The molecule has 15 heavy (non-hydrogen) atoms. The maximum Gasteiger partial charge on any atom is 0.244 e. The van der Waals surface area contributed by atoms with Crippen LogP contribution in [0, 0.1) is 0 Å². The Labute approximate surface area is 96.9 Å². The molecule has 5 nitrogen and oxygen atoms in total. The number of pyridine rings is 1. The van der Waals surface area contributed by atoms with Crippen LogP contribution in [0.4, 0.5) is 0 Å². The summed E-state index contributed by atoms with van der Waals surface area (Å²) in [6.45, 7) is -0.147. The van der Waals surface area contributed by atoms with E-state index in [0.717, 1.165) is 4.31 Å². The number of likely N-dealkylation sites (N-methyl/N-ethyl adjacent to an activating group) is 1. The lowest BCUT2D eigenvalue weighted by atomic mass is 10.5. The van der Waals surface area contributed by atoms with Gasteiger partial charge in [0.15, 0.2) is 0 Å². The second-order valence-corrected chi connectivity index (χ2v) is 5.85. The molecule has 84 valence electrons. The maximum absolute atomic E-state index is 11.8. The molecule has 0 unspecified atom stereocenters. The first kappa shape index (κ1) is 12.6. The molecule has 0 atom stereocenters. The normalized spacial score (nSPS) is 12.0. The molecule has 0 bridgehead atoms. The molecular weight excluding hydrogens is 284 g/mol. The predicted octanol–water partition coefficient (Wildman–Crippen LogP) is 0.457. The highest BCUT2D eigenvalue weighted by atomic mass is 79.9. The van der Waals surface area contributed by atoms with E-state index >= 15 is 0 Å². The minimum Gasteiger partial charge on any atom is -0.395 e. The molecule has 0 aliphatic carbocycles. The van der Waals surface area contributed by atoms with E-state index in [1.165, 1.54) is 25.5 Å². The van der Waals surface area contributed by atoms with Gasteiger partial charge in [0.1, 0.15) is 4.90 Å². The first-order valence-corrected chi connectivity index (χ1v) is 6.39. The summed E-state index contributed by atoms with van der Waals surface area (Å²) >= 11 is 3.15. The van der Waals surface area contributed by atoms with Crippen molar-refractivity contribution < 1.29 is 13.5 Å². The highest BCUT2D eigenvalue weighted by Crippen LogP contribution is 2.17. The summed E-state index contributed by atoms with van der Waals surface area (Å²) in [6.07, 6.45) is 2.78. The number of rotatable bonds is 4. The molecule has 0 spiro atoms. The van der Waals surface area contributed by atoms with E-state index in [1.54, 1.807) is 0 Å². The fourth-order valence-corrected chi connectivity index (χ4v) is 2.64. The van der Waals surface area contributed by atoms with Gasteiger partial charge in [0.05, 0.1) is 6.61 Å². The second-order valence-electron chi connectivity index (χ2n) is 2.89. The van der Waals surface area contributed by atoms with E-state index < -0.39 is 10.0 Å². The quantitative estimate of drug-likeness (QED) is 0.876. The molecule has 7 heteroatoms. The highest BCUT2D eigenvalue weighted by molar-refractivity contribution is 9.10. The zero-order valence-corrected chi connectivity index (χ0v) is 10.5. The third-order valence-corrected chi connectivity index (χ3v) is 4.06. The van der Waals surface area contributed by atoms with Gasteiger partial charge in [-0.25, -0.2) is 8.42 Å². The zero-order chi connectivity index (χ0) is 11.5. The Morgan fingerprint density at radius 1 is 1.53 bits per heavy atom. The summed E-state index contributed by atoms with van der Waals surface area (Å²) in [5.41, 5.74) is 0. The number of sulfonamides is 1. The molecular formula is C8H11BrN2O3S. The molecule has 1 rings (SSSR count). The second kappa shape index (κ2) is 5.02. The summed E-state index contributed by atoms with van der Waals surface area (Å²) in [4.78, 5) is 3.88. The van der Waals surface area contributed by atoms with Gasteiger partial charge in [-0.05, 0) is 22.0 Å². The van der Waals surface area contributed by atoms with Crippen LogP contribution >= 0.6 is 15.9 Å². The van der Waals surface area contributed by atoms with Crippen LogP contribution in [-0.2, 0) is 10.0 Å². The Kier molecular flexibility index (Phi) is 4.21. The van der Waals surface area contributed by atoms with Gasteiger partial charge in [-0.2, -0.15) is 4.31 Å². The van der Waals surface area contributed by atoms with E-state index in [9.17, 15) is 8.42 Å². The van der Waals surface area contributed by atoms with E-state index in [-0.39, 0.29) is 18.0 Å². The fourth-order valence-electron chi connectivity index (χ4n) is 0.974. The van der Waals surface area contributed by atoms with Crippen molar-refractivity contribution in [1.29, 1.82) is 0 Å². The van der Waals surface area contributed by atoms with Gasteiger partial charge < -0.3 is 5.11 Å². The first-order chi connectivity index (χ1) is 6.98. The predicted molar refractivity (Wildman–Crippen MR) is 58.8 cm³/mol. The third kappa shape index (κ3) is 2.97. The standard InChI is InChI=1S/C8H11BrN2O3S/c1-11(2-3-12)15(13,14)8-4-7(9)5-10-6-8/h4-6,12H,2-3H2,1H3. The minimum atomic E-state index is -3.54. The van der Waals surface area contributed by atoms with Crippen molar-refractivity contribution in [2.45, 2.75) is 4.90 Å². The minimum absolute atomic E-state index is 0.0643. The van der Waals surface area contributed by atoms with Crippen molar-refractivity contribution in [3.05, 3.63) is 22.9 Å². The molecule has 1 aromatic rings. The van der Waals surface area contributed by atoms with Gasteiger partial charge in [-0.15, -0.1) is 0 Å². The molecule has 1 heterocycles. The number of hydrogen-bond acceptors (Lipinski definition) is 4. The maximum atomic E-state index is 11.8. The monoisotopic (exact) mass is 294 g/mol. The molecule has 0 radical (unpaired) electrons. The van der Waals surface area contributed by atoms with Crippen molar-refractivity contribution in [3.63, 3.8) is 0 Å². The Hall–Kier alpha value is -0.500. The Morgan fingerprint density at radius 3 is 2.73 bits per heavy atom. The number of aliphatic hydroxyl groups is 1. The summed E-state index contributed by atoms with van der Waals surface area (Å²) in [7, 11) is -2.13. The molecule has 0 aromatic carbocycles. The van der Waals surface area contributed by atoms with Gasteiger partial charge in [-0.3, -0.25) is 4.98 Å². The van der Waals surface area contributed by atoms with Crippen molar-refractivity contribution >= 4 is 26.0 Å². The largest absolute Gasteiger partial charge is 0.395 e. The van der Waals surface area contributed by atoms with Gasteiger partial charge in [0.25, 0.3) is 0 Å². The summed E-state index contributed by atoms with van der Waals surface area (Å²) in [6, 6.07) is 1.47. The highest BCUT2D eigenvalue weighted by Gasteiger charge is 2.20. The summed E-state index contributed by atoms with van der Waals surface area (Å²) in [5, 5.41) is 8.67. The number of nitrogens with zero attached hydrogens (tertiary/aromatic N) is 2. The number of aromatic nitrogens is 1. The van der Waals surface area contributed by atoms with Crippen molar-refractivity contribution in [2.24, 2.45) is 0 Å². The van der Waals surface area contributed by atoms with E-state index in [4.69, 9.17) is 5.11 Å². The molecule has 0 aliphatic rings. The lowest BCUT2D eigenvalue weighted by molar-refractivity contribution is 0.266. The number of aliphatic hydroxyl groups excluding tert-OH is 1. The molecule has 1 aromatic heterocycles. The number of hydrogen-bond donors (Lipinski definition) is 1. The summed E-state index contributed by atoms with van der Waals surface area (Å²) < 4.78 is 25.3. The Morgan fingerprint density at radius 2 is 2.20 bits per heavy atom. The smallest absolute Gasteiger partial charge is 0.244 e. The van der Waals surface area contributed by atoms with Crippen LogP contribution in [0.5, 0.6) is 0 Å². The molecule has 1 N–H and O–H groups in total. The first-order valence-electron chi connectivity index (χ1n) is 4.16. The van der Waals surface area contributed by atoms with Gasteiger partial charge in [-0.1, -0.05) is 0 Å². The van der Waals surface area contributed by atoms with E-state index in [0.29, 0.717) is 4.47 Å². The van der Waals surface area contributed by atoms with E-state index in [1.807, 2.05) is 0 Å². The average Bonchev–Trinajstić information content (AvgIpc) is 2.18. The van der Waals surface area contributed by atoms with Crippen LogP contribution in [0.25, 0.3) is 0 Å². The van der Waals surface area contributed by atoms with Crippen LogP contribution in [-0.4, -0.2) is 43.0 Å². The SMILES string of the molecule is CN(CCO)S(=O)(=O)c1cncc(Br)c1. The average molecular weight is 295 g/mol. The molecule has 0 fully saturated rings.